The fraction of sp³-hybridized carbons (Fsp3) is 0.286. The molecule has 0 aliphatic heterocycles. The SMILES string of the molecule is N.NC(c1ccccn1)C(F)(F)F. The molecule has 1 aromatic rings. The molecular weight excluding hydrogens is 183 g/mol. The molecule has 1 rings (SSSR count). The normalized spacial score (nSPS) is 13.2. The molecule has 0 spiro atoms. The van der Waals surface area contributed by atoms with Gasteiger partial charge in [0.2, 0.25) is 0 Å². The predicted molar refractivity (Wildman–Crippen MR) is 42.2 cm³/mol. The van der Waals surface area contributed by atoms with Gasteiger partial charge in [0, 0.05) is 6.20 Å². The van der Waals surface area contributed by atoms with E-state index < -0.39 is 12.2 Å². The number of hydrogen-bond donors (Lipinski definition) is 2. The zero-order valence-corrected chi connectivity index (χ0v) is 6.75. The van der Waals surface area contributed by atoms with Gasteiger partial charge in [-0.15, -0.1) is 0 Å². The monoisotopic (exact) mass is 193 g/mol. The summed E-state index contributed by atoms with van der Waals surface area (Å²) in [4.78, 5) is 3.50. The van der Waals surface area contributed by atoms with Gasteiger partial charge >= 0.3 is 6.18 Å². The molecule has 6 heteroatoms. The third-order valence-electron chi connectivity index (χ3n) is 1.36. The van der Waals surface area contributed by atoms with Crippen LogP contribution in [0.3, 0.4) is 0 Å². The maximum atomic E-state index is 12.0. The molecular formula is C7H10F3N3. The van der Waals surface area contributed by atoms with Crippen molar-refractivity contribution in [3.05, 3.63) is 30.1 Å². The Morgan fingerprint density at radius 1 is 1.31 bits per heavy atom. The topological polar surface area (TPSA) is 73.9 Å². The average molecular weight is 193 g/mol. The van der Waals surface area contributed by atoms with Gasteiger partial charge in [0.1, 0.15) is 6.04 Å². The van der Waals surface area contributed by atoms with Crippen molar-refractivity contribution >= 4 is 0 Å². The summed E-state index contributed by atoms with van der Waals surface area (Å²) in [5.74, 6) is 0. The van der Waals surface area contributed by atoms with Crippen molar-refractivity contribution in [3.63, 3.8) is 0 Å². The highest BCUT2D eigenvalue weighted by molar-refractivity contribution is 5.09. The Balaban J connectivity index is 0.00000144. The zero-order valence-electron chi connectivity index (χ0n) is 6.75. The first-order valence-electron chi connectivity index (χ1n) is 3.25. The van der Waals surface area contributed by atoms with Crippen LogP contribution in [-0.2, 0) is 0 Å². The van der Waals surface area contributed by atoms with Crippen molar-refractivity contribution < 1.29 is 13.2 Å². The van der Waals surface area contributed by atoms with E-state index in [1.807, 2.05) is 0 Å². The lowest BCUT2D eigenvalue weighted by Gasteiger charge is -2.13. The highest BCUT2D eigenvalue weighted by Crippen LogP contribution is 2.28. The van der Waals surface area contributed by atoms with Crippen LogP contribution in [0.5, 0.6) is 0 Å². The van der Waals surface area contributed by atoms with E-state index in [1.165, 1.54) is 24.4 Å². The Morgan fingerprint density at radius 2 is 1.92 bits per heavy atom. The van der Waals surface area contributed by atoms with Crippen LogP contribution < -0.4 is 11.9 Å². The Labute approximate surface area is 73.4 Å². The minimum atomic E-state index is -4.42. The van der Waals surface area contributed by atoms with E-state index in [0.717, 1.165) is 0 Å². The molecule has 0 aromatic carbocycles. The number of halogens is 3. The Morgan fingerprint density at radius 3 is 2.31 bits per heavy atom. The van der Waals surface area contributed by atoms with E-state index in [-0.39, 0.29) is 11.8 Å². The predicted octanol–water partition coefficient (Wildman–Crippen LogP) is 1.81. The number of hydrogen-bond acceptors (Lipinski definition) is 3. The van der Waals surface area contributed by atoms with Crippen LogP contribution in [0.2, 0.25) is 0 Å². The minimum absolute atomic E-state index is 0. The third-order valence-corrected chi connectivity index (χ3v) is 1.36. The molecule has 1 atom stereocenters. The minimum Gasteiger partial charge on any atom is -0.344 e. The van der Waals surface area contributed by atoms with E-state index in [9.17, 15) is 13.2 Å². The van der Waals surface area contributed by atoms with Crippen molar-refractivity contribution in [3.8, 4) is 0 Å². The molecule has 3 nitrogen and oxygen atoms in total. The van der Waals surface area contributed by atoms with E-state index in [4.69, 9.17) is 5.73 Å². The molecule has 0 saturated heterocycles. The van der Waals surface area contributed by atoms with E-state index >= 15 is 0 Å². The number of alkyl halides is 3. The van der Waals surface area contributed by atoms with Crippen molar-refractivity contribution in [1.29, 1.82) is 0 Å². The first kappa shape index (κ1) is 11.9. The van der Waals surface area contributed by atoms with Gasteiger partial charge < -0.3 is 11.9 Å². The number of rotatable bonds is 1. The van der Waals surface area contributed by atoms with Gasteiger partial charge in [-0.3, -0.25) is 4.98 Å². The summed E-state index contributed by atoms with van der Waals surface area (Å²) >= 11 is 0. The molecule has 0 aliphatic rings. The first-order valence-corrected chi connectivity index (χ1v) is 3.25. The lowest BCUT2D eigenvalue weighted by molar-refractivity contribution is -0.150. The maximum Gasteiger partial charge on any atom is 0.409 e. The van der Waals surface area contributed by atoms with Crippen LogP contribution in [-0.4, -0.2) is 11.2 Å². The Hall–Kier alpha value is -1.14. The van der Waals surface area contributed by atoms with Gasteiger partial charge in [-0.25, -0.2) is 0 Å². The van der Waals surface area contributed by atoms with Crippen LogP contribution in [0.25, 0.3) is 0 Å². The summed E-state index contributed by atoms with van der Waals surface area (Å²) in [6.07, 6.45) is -3.14. The van der Waals surface area contributed by atoms with Crippen LogP contribution in [0, 0.1) is 0 Å². The highest BCUT2D eigenvalue weighted by atomic mass is 19.4. The Bertz CT molecular complexity index is 247. The third kappa shape index (κ3) is 3.00. The second kappa shape index (κ2) is 4.20. The fourth-order valence-corrected chi connectivity index (χ4v) is 0.728. The molecule has 1 heterocycles. The van der Waals surface area contributed by atoms with Gasteiger partial charge in [0.05, 0.1) is 5.69 Å². The van der Waals surface area contributed by atoms with Crippen LogP contribution in [0.15, 0.2) is 24.4 Å². The number of pyridine rings is 1. The smallest absolute Gasteiger partial charge is 0.344 e. The van der Waals surface area contributed by atoms with Crippen molar-refractivity contribution in [1.82, 2.24) is 11.1 Å². The quantitative estimate of drug-likeness (QED) is 0.714. The molecule has 13 heavy (non-hydrogen) atoms. The zero-order chi connectivity index (χ0) is 9.19. The van der Waals surface area contributed by atoms with Gasteiger partial charge in [0.15, 0.2) is 0 Å². The van der Waals surface area contributed by atoms with Crippen LogP contribution in [0.1, 0.15) is 11.7 Å². The van der Waals surface area contributed by atoms with Crippen LogP contribution >= 0.6 is 0 Å². The Kier molecular flexibility index (Phi) is 3.83. The summed E-state index contributed by atoms with van der Waals surface area (Å²) in [6.45, 7) is 0. The molecule has 0 radical (unpaired) electrons. The van der Waals surface area contributed by atoms with Crippen molar-refractivity contribution in [2.24, 2.45) is 5.73 Å². The highest BCUT2D eigenvalue weighted by Gasteiger charge is 2.38. The number of aromatic nitrogens is 1. The molecule has 0 saturated carbocycles. The fourth-order valence-electron chi connectivity index (χ4n) is 0.728. The summed E-state index contributed by atoms with van der Waals surface area (Å²) in [6, 6.07) is 2.26. The van der Waals surface area contributed by atoms with Gasteiger partial charge in [-0.05, 0) is 12.1 Å². The van der Waals surface area contributed by atoms with Crippen molar-refractivity contribution in [2.45, 2.75) is 12.2 Å². The van der Waals surface area contributed by atoms with Gasteiger partial charge in [-0.2, -0.15) is 13.2 Å². The lowest BCUT2D eigenvalue weighted by Crippen LogP contribution is -2.29. The maximum absolute atomic E-state index is 12.0. The molecule has 1 unspecified atom stereocenters. The summed E-state index contributed by atoms with van der Waals surface area (Å²) in [5.41, 5.74) is 4.72. The molecule has 5 N–H and O–H groups in total. The van der Waals surface area contributed by atoms with E-state index in [0.29, 0.717) is 0 Å². The molecule has 74 valence electrons. The van der Waals surface area contributed by atoms with Gasteiger partial charge in [-0.1, -0.05) is 6.07 Å². The molecule has 0 bridgehead atoms. The summed E-state index contributed by atoms with van der Waals surface area (Å²) in [5, 5.41) is 0. The number of nitrogens with zero attached hydrogens (tertiary/aromatic N) is 1. The number of nitrogens with two attached hydrogens (primary N) is 1. The van der Waals surface area contributed by atoms with Crippen molar-refractivity contribution in [2.75, 3.05) is 0 Å². The van der Waals surface area contributed by atoms with E-state index in [2.05, 4.69) is 4.98 Å². The second-order valence-electron chi connectivity index (χ2n) is 2.27. The average Bonchev–Trinajstić information content (AvgIpc) is 2.03. The second-order valence-corrected chi connectivity index (χ2v) is 2.27. The van der Waals surface area contributed by atoms with Crippen LogP contribution in [0.4, 0.5) is 13.2 Å². The standard InChI is InChI=1S/C7H7F3N2.H3N/c8-7(9,10)6(11)5-3-1-2-4-12-5;/h1-4,6H,11H2;1H3. The van der Waals surface area contributed by atoms with Gasteiger partial charge in [0.25, 0.3) is 0 Å². The molecule has 0 aliphatic carbocycles. The summed E-state index contributed by atoms with van der Waals surface area (Å²) < 4.78 is 35.9. The first-order chi connectivity index (χ1) is 5.52. The molecule has 0 fully saturated rings. The lowest BCUT2D eigenvalue weighted by atomic mass is 10.2. The largest absolute Gasteiger partial charge is 0.409 e. The molecule has 0 amide bonds. The summed E-state index contributed by atoms with van der Waals surface area (Å²) in [7, 11) is 0. The molecule has 1 aromatic heterocycles. The van der Waals surface area contributed by atoms with E-state index in [1.54, 1.807) is 0 Å².